The lowest BCUT2D eigenvalue weighted by atomic mass is 10.0. The molecule has 0 aliphatic heterocycles. The van der Waals surface area contributed by atoms with Crippen LogP contribution in [0.5, 0.6) is 0 Å². The summed E-state index contributed by atoms with van der Waals surface area (Å²) in [5.41, 5.74) is 0.540. The monoisotopic (exact) mass is 283 g/mol. The highest BCUT2D eigenvalue weighted by molar-refractivity contribution is 7.89. The number of benzene rings is 1. The molecule has 0 saturated heterocycles. The number of carbonyl (C=O) groups is 1. The van der Waals surface area contributed by atoms with Gasteiger partial charge in [0.1, 0.15) is 0 Å². The van der Waals surface area contributed by atoms with Crippen molar-refractivity contribution in [2.45, 2.75) is 32.6 Å². The largest absolute Gasteiger partial charge is 0.294 e. The van der Waals surface area contributed by atoms with Crippen LogP contribution < -0.4 is 4.72 Å². The van der Waals surface area contributed by atoms with Gasteiger partial charge in [-0.05, 0) is 18.1 Å². The zero-order valence-corrected chi connectivity index (χ0v) is 12.6. The Balaban J connectivity index is 2.90. The van der Waals surface area contributed by atoms with E-state index < -0.39 is 10.0 Å². The van der Waals surface area contributed by atoms with E-state index in [9.17, 15) is 13.2 Å². The van der Waals surface area contributed by atoms with Crippen molar-refractivity contribution in [3.05, 3.63) is 29.8 Å². The third-order valence-electron chi connectivity index (χ3n) is 2.66. The van der Waals surface area contributed by atoms with Gasteiger partial charge in [0.15, 0.2) is 5.78 Å². The molecular formula is C14H21NO3S. The Bertz CT molecular complexity index is 530. The molecule has 0 aromatic heterocycles. The highest BCUT2D eigenvalue weighted by atomic mass is 32.2. The van der Waals surface area contributed by atoms with Crippen LogP contribution in [0.2, 0.25) is 0 Å². The highest BCUT2D eigenvalue weighted by Crippen LogP contribution is 2.13. The number of hydrogen-bond donors (Lipinski definition) is 1. The summed E-state index contributed by atoms with van der Waals surface area (Å²) >= 11 is 0. The Morgan fingerprint density at radius 1 is 1.11 bits per heavy atom. The molecular weight excluding hydrogens is 262 g/mol. The molecule has 0 amide bonds. The van der Waals surface area contributed by atoms with E-state index in [0.29, 0.717) is 12.1 Å². The standard InChI is InChI=1S/C14H21NO3S/c1-10(2)9-15-19(17,18)13-7-5-12(6-8-13)14(16)11(3)4/h5-8,10-11,15H,9H2,1-4H3. The van der Waals surface area contributed by atoms with Crippen LogP contribution in [0, 0.1) is 11.8 Å². The van der Waals surface area contributed by atoms with Crippen molar-refractivity contribution < 1.29 is 13.2 Å². The topological polar surface area (TPSA) is 63.2 Å². The van der Waals surface area contributed by atoms with Gasteiger partial charge in [-0.25, -0.2) is 13.1 Å². The molecule has 19 heavy (non-hydrogen) atoms. The van der Waals surface area contributed by atoms with Crippen molar-refractivity contribution in [2.75, 3.05) is 6.54 Å². The van der Waals surface area contributed by atoms with Gasteiger partial charge in [-0.3, -0.25) is 4.79 Å². The van der Waals surface area contributed by atoms with Crippen molar-refractivity contribution in [3.63, 3.8) is 0 Å². The zero-order valence-electron chi connectivity index (χ0n) is 11.8. The molecule has 1 aromatic carbocycles. The summed E-state index contributed by atoms with van der Waals surface area (Å²) in [6.45, 7) is 7.91. The molecule has 0 heterocycles. The van der Waals surface area contributed by atoms with E-state index >= 15 is 0 Å². The highest BCUT2D eigenvalue weighted by Gasteiger charge is 2.16. The van der Waals surface area contributed by atoms with Crippen LogP contribution in [0.25, 0.3) is 0 Å². The first-order chi connectivity index (χ1) is 8.74. The van der Waals surface area contributed by atoms with E-state index in [1.54, 1.807) is 12.1 Å². The van der Waals surface area contributed by atoms with Crippen LogP contribution >= 0.6 is 0 Å². The predicted molar refractivity (Wildman–Crippen MR) is 75.6 cm³/mol. The summed E-state index contributed by atoms with van der Waals surface area (Å²) in [5.74, 6) is 0.164. The van der Waals surface area contributed by atoms with Crippen LogP contribution in [0.15, 0.2) is 29.2 Å². The Kier molecular flexibility index (Phi) is 5.26. The van der Waals surface area contributed by atoms with E-state index in [1.807, 2.05) is 27.7 Å². The van der Waals surface area contributed by atoms with Gasteiger partial charge in [-0.1, -0.05) is 39.8 Å². The smallest absolute Gasteiger partial charge is 0.240 e. The molecule has 4 nitrogen and oxygen atoms in total. The summed E-state index contributed by atoms with van der Waals surface area (Å²) < 4.78 is 26.4. The van der Waals surface area contributed by atoms with Crippen molar-refractivity contribution >= 4 is 15.8 Å². The first kappa shape index (κ1) is 15.9. The number of carbonyl (C=O) groups excluding carboxylic acids is 1. The van der Waals surface area contributed by atoms with Crippen molar-refractivity contribution in [1.29, 1.82) is 0 Å². The van der Waals surface area contributed by atoms with E-state index in [2.05, 4.69) is 4.72 Å². The quantitative estimate of drug-likeness (QED) is 0.816. The predicted octanol–water partition coefficient (Wildman–Crippen LogP) is 2.46. The van der Waals surface area contributed by atoms with Gasteiger partial charge in [0.05, 0.1) is 4.90 Å². The van der Waals surface area contributed by atoms with Gasteiger partial charge in [-0.15, -0.1) is 0 Å². The molecule has 0 fully saturated rings. The minimum Gasteiger partial charge on any atom is -0.294 e. The fourth-order valence-electron chi connectivity index (χ4n) is 1.49. The van der Waals surface area contributed by atoms with E-state index in [0.717, 1.165) is 0 Å². The molecule has 0 unspecified atom stereocenters. The second-order valence-corrected chi connectivity index (χ2v) is 7.06. The molecule has 0 radical (unpaired) electrons. The maximum absolute atomic E-state index is 12.0. The lowest BCUT2D eigenvalue weighted by Gasteiger charge is -2.09. The first-order valence-electron chi connectivity index (χ1n) is 6.38. The first-order valence-corrected chi connectivity index (χ1v) is 7.86. The maximum atomic E-state index is 12.0. The Labute approximate surface area is 115 Å². The second-order valence-electron chi connectivity index (χ2n) is 5.29. The van der Waals surface area contributed by atoms with Crippen molar-refractivity contribution in [2.24, 2.45) is 11.8 Å². The second kappa shape index (κ2) is 6.30. The van der Waals surface area contributed by atoms with Crippen LogP contribution in [0.4, 0.5) is 0 Å². The number of sulfonamides is 1. The molecule has 0 saturated carbocycles. The molecule has 106 valence electrons. The van der Waals surface area contributed by atoms with Crippen LogP contribution in [-0.4, -0.2) is 20.7 Å². The van der Waals surface area contributed by atoms with E-state index in [1.165, 1.54) is 12.1 Å². The van der Waals surface area contributed by atoms with Crippen molar-refractivity contribution in [3.8, 4) is 0 Å². The number of Topliss-reactive ketones (excluding diaryl/α,β-unsaturated/α-hetero) is 1. The maximum Gasteiger partial charge on any atom is 0.240 e. The minimum atomic E-state index is -3.48. The third kappa shape index (κ3) is 4.44. The molecule has 0 aliphatic rings. The average Bonchev–Trinajstić information content (AvgIpc) is 2.35. The van der Waals surface area contributed by atoms with Gasteiger partial charge in [-0.2, -0.15) is 0 Å². The number of ketones is 1. The molecule has 5 heteroatoms. The Morgan fingerprint density at radius 2 is 1.63 bits per heavy atom. The third-order valence-corrected chi connectivity index (χ3v) is 4.09. The molecule has 0 bridgehead atoms. The zero-order chi connectivity index (χ0) is 14.6. The van der Waals surface area contributed by atoms with Crippen LogP contribution in [0.1, 0.15) is 38.1 Å². The molecule has 1 rings (SSSR count). The number of nitrogens with one attached hydrogen (secondary N) is 1. The van der Waals surface area contributed by atoms with Crippen LogP contribution in [0.3, 0.4) is 0 Å². The van der Waals surface area contributed by atoms with Gasteiger partial charge in [0.2, 0.25) is 10.0 Å². The van der Waals surface area contributed by atoms with Gasteiger partial charge in [0, 0.05) is 18.0 Å². The Morgan fingerprint density at radius 3 is 2.05 bits per heavy atom. The minimum absolute atomic E-state index is 0.0130. The number of rotatable bonds is 6. The van der Waals surface area contributed by atoms with Gasteiger partial charge < -0.3 is 0 Å². The van der Waals surface area contributed by atoms with Gasteiger partial charge in [0.25, 0.3) is 0 Å². The molecule has 0 atom stereocenters. The summed E-state index contributed by atoms with van der Waals surface area (Å²) in [6.07, 6.45) is 0. The SMILES string of the molecule is CC(C)CNS(=O)(=O)c1ccc(C(=O)C(C)C)cc1. The lowest BCUT2D eigenvalue weighted by Crippen LogP contribution is -2.27. The fraction of sp³-hybridized carbons (Fsp3) is 0.500. The lowest BCUT2D eigenvalue weighted by molar-refractivity contribution is 0.0939. The summed E-state index contributed by atoms with van der Waals surface area (Å²) in [5, 5.41) is 0. The van der Waals surface area contributed by atoms with E-state index in [4.69, 9.17) is 0 Å². The summed E-state index contributed by atoms with van der Waals surface area (Å²) in [7, 11) is -3.48. The van der Waals surface area contributed by atoms with E-state index in [-0.39, 0.29) is 22.5 Å². The summed E-state index contributed by atoms with van der Waals surface area (Å²) in [6, 6.07) is 6.06. The molecule has 1 aromatic rings. The molecule has 0 aliphatic carbocycles. The van der Waals surface area contributed by atoms with Gasteiger partial charge >= 0.3 is 0 Å². The fourth-order valence-corrected chi connectivity index (χ4v) is 2.71. The van der Waals surface area contributed by atoms with Crippen LogP contribution in [-0.2, 0) is 10.0 Å². The molecule has 0 spiro atoms. The number of hydrogen-bond acceptors (Lipinski definition) is 3. The molecule has 1 N–H and O–H groups in total. The average molecular weight is 283 g/mol. The Hall–Kier alpha value is -1.20. The summed E-state index contributed by atoms with van der Waals surface area (Å²) in [4.78, 5) is 11.9. The van der Waals surface area contributed by atoms with Crippen molar-refractivity contribution in [1.82, 2.24) is 4.72 Å². The normalized spacial score (nSPS) is 12.1.